The molecule has 0 saturated heterocycles. The fourth-order valence-corrected chi connectivity index (χ4v) is 4.37. The summed E-state index contributed by atoms with van der Waals surface area (Å²) in [6, 6.07) is 10.4. The largest absolute Gasteiger partial charge is 0.493 e. The Morgan fingerprint density at radius 3 is 2.74 bits per heavy atom. The lowest BCUT2D eigenvalue weighted by Gasteiger charge is -2.34. The summed E-state index contributed by atoms with van der Waals surface area (Å²) < 4.78 is 10.9. The van der Waals surface area contributed by atoms with Crippen LogP contribution in [0.25, 0.3) is 0 Å². The molecule has 1 aliphatic carbocycles. The summed E-state index contributed by atoms with van der Waals surface area (Å²) in [4.78, 5) is 41.8. The lowest BCUT2D eigenvalue weighted by atomic mass is 9.75. The first-order valence-electron chi connectivity index (χ1n) is 10.9. The van der Waals surface area contributed by atoms with Crippen molar-refractivity contribution >= 4 is 23.4 Å². The third-order valence-corrected chi connectivity index (χ3v) is 5.82. The van der Waals surface area contributed by atoms with E-state index in [0.717, 1.165) is 18.5 Å². The van der Waals surface area contributed by atoms with E-state index in [0.29, 0.717) is 46.1 Å². The molecule has 2 aliphatic rings. The monoisotopic (exact) mass is 462 g/mol. The summed E-state index contributed by atoms with van der Waals surface area (Å²) in [6.07, 6.45) is 3.49. The van der Waals surface area contributed by atoms with Crippen LogP contribution in [0.3, 0.4) is 0 Å². The molecule has 0 bridgehead atoms. The fraction of sp³-hybridized carbons (Fsp3) is 0.280. The summed E-state index contributed by atoms with van der Waals surface area (Å²) in [5.74, 6) is -0.456. The highest BCUT2D eigenvalue weighted by Gasteiger charge is 2.38. The molecule has 1 unspecified atom stereocenters. The van der Waals surface area contributed by atoms with Gasteiger partial charge in [0, 0.05) is 41.1 Å². The number of rotatable bonds is 7. The molecule has 2 aromatic rings. The predicted octanol–water partition coefficient (Wildman–Crippen LogP) is 2.56. The summed E-state index contributed by atoms with van der Waals surface area (Å²) in [7, 11) is 1.48. The number of nitrogens with zero attached hydrogens (tertiary/aromatic N) is 1. The number of pyridine rings is 1. The number of aromatic nitrogens is 1. The fourth-order valence-electron chi connectivity index (χ4n) is 4.37. The molecule has 1 aromatic heterocycles. The molecule has 9 heteroatoms. The van der Waals surface area contributed by atoms with Gasteiger partial charge in [-0.15, -0.1) is 0 Å². The van der Waals surface area contributed by atoms with Crippen molar-refractivity contribution in [3.8, 4) is 11.5 Å². The lowest BCUT2D eigenvalue weighted by Crippen LogP contribution is -2.35. The van der Waals surface area contributed by atoms with Gasteiger partial charge in [0.25, 0.3) is 11.8 Å². The number of hydrogen-bond acceptors (Lipinski definition) is 7. The number of primary amides is 1. The Bertz CT molecular complexity index is 1200. The van der Waals surface area contributed by atoms with Crippen LogP contribution in [0.5, 0.6) is 11.5 Å². The molecule has 1 aliphatic heterocycles. The first kappa shape index (κ1) is 23.0. The molecule has 9 nitrogen and oxygen atoms in total. The molecule has 0 saturated carbocycles. The van der Waals surface area contributed by atoms with E-state index in [2.05, 4.69) is 15.6 Å². The maximum Gasteiger partial charge on any atom is 0.255 e. The first-order valence-corrected chi connectivity index (χ1v) is 10.9. The van der Waals surface area contributed by atoms with E-state index < -0.39 is 11.8 Å². The van der Waals surface area contributed by atoms with E-state index in [1.165, 1.54) is 7.11 Å². The van der Waals surface area contributed by atoms with Crippen LogP contribution in [0, 0.1) is 0 Å². The number of anilines is 1. The average Bonchev–Trinajstić information content (AvgIpc) is 2.82. The summed E-state index contributed by atoms with van der Waals surface area (Å²) in [5, 5.41) is 6.12. The first-order chi connectivity index (χ1) is 16.4. The molecule has 2 heterocycles. The van der Waals surface area contributed by atoms with Crippen LogP contribution in [0.15, 0.2) is 65.1 Å². The zero-order valence-corrected chi connectivity index (χ0v) is 19.0. The minimum Gasteiger partial charge on any atom is -0.493 e. The minimum absolute atomic E-state index is 0.00223. The molecule has 1 atom stereocenters. The predicted molar refractivity (Wildman–Crippen MR) is 125 cm³/mol. The van der Waals surface area contributed by atoms with Gasteiger partial charge in [-0.2, -0.15) is 0 Å². The van der Waals surface area contributed by atoms with E-state index in [1.807, 2.05) is 6.92 Å². The zero-order chi connectivity index (χ0) is 24.2. The average molecular weight is 463 g/mol. The maximum atomic E-state index is 13.5. The van der Waals surface area contributed by atoms with Gasteiger partial charge in [-0.3, -0.25) is 14.4 Å². The molecule has 4 rings (SSSR count). The van der Waals surface area contributed by atoms with Crippen molar-refractivity contribution in [1.29, 1.82) is 0 Å². The number of nitrogens with two attached hydrogens (primary N) is 1. The molecule has 1 aromatic carbocycles. The lowest BCUT2D eigenvalue weighted by molar-refractivity contribution is -0.120. The van der Waals surface area contributed by atoms with Gasteiger partial charge >= 0.3 is 0 Å². The van der Waals surface area contributed by atoms with Crippen LogP contribution in [-0.2, 0) is 14.4 Å². The second-order valence-electron chi connectivity index (χ2n) is 8.10. The van der Waals surface area contributed by atoms with Crippen LogP contribution in [-0.4, -0.2) is 36.3 Å². The number of allylic oxidation sites excluding steroid dienone is 3. The normalized spacial score (nSPS) is 17.6. The molecular weight excluding hydrogens is 436 g/mol. The van der Waals surface area contributed by atoms with Gasteiger partial charge in [-0.1, -0.05) is 12.1 Å². The molecule has 2 amide bonds. The number of carbonyl (C=O) groups is 3. The quantitative estimate of drug-likeness (QED) is 0.576. The Labute approximate surface area is 197 Å². The van der Waals surface area contributed by atoms with E-state index in [9.17, 15) is 14.4 Å². The molecular formula is C25H26N4O5. The van der Waals surface area contributed by atoms with Crippen LogP contribution >= 0.6 is 0 Å². The molecule has 4 N–H and O–H groups in total. The number of nitrogens with one attached hydrogen (secondary N) is 2. The topological polar surface area (TPSA) is 133 Å². The van der Waals surface area contributed by atoms with E-state index in [1.54, 1.807) is 42.6 Å². The number of amides is 2. The van der Waals surface area contributed by atoms with E-state index in [4.69, 9.17) is 15.2 Å². The summed E-state index contributed by atoms with van der Waals surface area (Å²) in [6.45, 7) is 1.53. The number of methoxy groups -OCH3 is 1. The summed E-state index contributed by atoms with van der Waals surface area (Å²) in [5.41, 5.74) is 8.38. The van der Waals surface area contributed by atoms with Crippen molar-refractivity contribution in [2.75, 3.05) is 19.0 Å². The van der Waals surface area contributed by atoms with Crippen molar-refractivity contribution in [2.24, 2.45) is 5.73 Å². The van der Waals surface area contributed by atoms with Gasteiger partial charge in [0.05, 0.1) is 7.11 Å². The number of ketones is 1. The van der Waals surface area contributed by atoms with Crippen LogP contribution in [0.2, 0.25) is 0 Å². The maximum absolute atomic E-state index is 13.5. The third kappa shape index (κ3) is 4.63. The van der Waals surface area contributed by atoms with Crippen LogP contribution in [0.1, 0.15) is 37.7 Å². The van der Waals surface area contributed by atoms with Gasteiger partial charge in [0.15, 0.2) is 23.9 Å². The Balaban J connectivity index is 1.78. The van der Waals surface area contributed by atoms with Crippen LogP contribution in [0.4, 0.5) is 5.82 Å². The van der Waals surface area contributed by atoms with E-state index >= 15 is 0 Å². The second-order valence-corrected chi connectivity index (χ2v) is 8.10. The van der Waals surface area contributed by atoms with Crippen molar-refractivity contribution in [1.82, 2.24) is 10.3 Å². The Morgan fingerprint density at radius 2 is 2.03 bits per heavy atom. The summed E-state index contributed by atoms with van der Waals surface area (Å²) >= 11 is 0. The molecule has 0 spiro atoms. The standard InChI is InChI=1S/C25H26N4O5/c1-14-22(25(32)29-21-8-3-4-11-27-21)23(24-16(28-14)6-5-7-17(24)30)15-9-10-18(19(12-15)33-2)34-13-20(26)31/h3-4,8-12,23,28H,5-7,13H2,1-2H3,(H2,26,31)(H,27,29,32). The third-order valence-electron chi connectivity index (χ3n) is 5.82. The van der Waals surface area contributed by atoms with Gasteiger partial charge in [0.2, 0.25) is 0 Å². The van der Waals surface area contributed by atoms with Crippen molar-refractivity contribution in [3.05, 3.63) is 70.7 Å². The Hall–Kier alpha value is -4.14. The Kier molecular flexibility index (Phi) is 6.62. The highest BCUT2D eigenvalue weighted by atomic mass is 16.5. The molecule has 176 valence electrons. The molecule has 0 fully saturated rings. The molecule has 0 radical (unpaired) electrons. The highest BCUT2D eigenvalue weighted by molar-refractivity contribution is 6.09. The van der Waals surface area contributed by atoms with Crippen molar-refractivity contribution in [2.45, 2.75) is 32.1 Å². The Morgan fingerprint density at radius 1 is 1.21 bits per heavy atom. The number of carbonyl (C=O) groups excluding carboxylic acids is 3. The molecule has 34 heavy (non-hydrogen) atoms. The van der Waals surface area contributed by atoms with Gasteiger partial charge in [-0.25, -0.2) is 4.98 Å². The second kappa shape index (κ2) is 9.78. The smallest absolute Gasteiger partial charge is 0.255 e. The number of ether oxygens (including phenoxy) is 2. The highest BCUT2D eigenvalue weighted by Crippen LogP contribution is 2.44. The van der Waals surface area contributed by atoms with Gasteiger partial charge < -0.3 is 25.8 Å². The van der Waals surface area contributed by atoms with Gasteiger partial charge in [-0.05, 0) is 49.6 Å². The SMILES string of the molecule is COc1cc(C2C(C(=O)Nc3ccccn3)=C(C)NC3=C2C(=O)CCC3)ccc1OCC(N)=O. The minimum atomic E-state index is -0.612. The van der Waals surface area contributed by atoms with Crippen LogP contribution < -0.4 is 25.8 Å². The number of Topliss-reactive ketones (excluding diaryl/α,β-unsaturated/α-hetero) is 1. The number of dihydropyridines is 1. The van der Waals surface area contributed by atoms with Crippen molar-refractivity contribution < 1.29 is 23.9 Å². The van der Waals surface area contributed by atoms with Crippen molar-refractivity contribution in [3.63, 3.8) is 0 Å². The number of benzene rings is 1. The zero-order valence-electron chi connectivity index (χ0n) is 19.0. The van der Waals surface area contributed by atoms with Gasteiger partial charge in [0.1, 0.15) is 5.82 Å². The van der Waals surface area contributed by atoms with E-state index in [-0.39, 0.29) is 18.3 Å². The number of hydrogen-bond donors (Lipinski definition) is 3.